The second-order valence-electron chi connectivity index (χ2n) is 13.2. The van der Waals surface area contributed by atoms with Crippen LogP contribution in [0.5, 0.6) is 0 Å². The van der Waals surface area contributed by atoms with Gasteiger partial charge in [0, 0.05) is 18.3 Å². The molecule has 0 fully saturated rings. The number of carbonyl (C=O) groups is 4. The van der Waals surface area contributed by atoms with Crippen molar-refractivity contribution in [3.05, 3.63) is 100 Å². The molecule has 18 heteroatoms. The Morgan fingerprint density at radius 1 is 0.981 bits per heavy atom. The number of amides is 4. The van der Waals surface area contributed by atoms with Crippen molar-refractivity contribution in [2.45, 2.75) is 65.3 Å². The number of alkyl halides is 3. The normalized spacial score (nSPS) is 19.1. The van der Waals surface area contributed by atoms with Gasteiger partial charge in [-0.05, 0) is 44.7 Å². The standard InChI is InChI=1S/C35H36F3N9O6/c1-17(2)11-22-33-43-25(16-52-33)30(49)40-19(4)32-44-29(20(5)53-32)31(50)42-24(21-9-7-6-8-10-21)14-46(15-28(48)41-22)34(51)23-13-27-39-18(3)12-26(35(36,37)38)47(27)45-23/h6-10,12-13,16-17,19,22,24H,11,14-15H2,1-5H3,(H,40,49)(H,41,48)(H,42,50)/t19-,22+,24+/m0/s1. The lowest BCUT2D eigenvalue weighted by molar-refractivity contribution is -0.142. The van der Waals surface area contributed by atoms with Crippen LogP contribution < -0.4 is 16.0 Å². The lowest BCUT2D eigenvalue weighted by Gasteiger charge is -2.28. The molecule has 1 aliphatic heterocycles. The predicted octanol–water partition coefficient (Wildman–Crippen LogP) is 4.66. The number of benzene rings is 1. The van der Waals surface area contributed by atoms with E-state index in [1.54, 1.807) is 37.3 Å². The van der Waals surface area contributed by atoms with Crippen molar-refractivity contribution in [1.29, 1.82) is 0 Å². The molecule has 1 aromatic carbocycles. The molecule has 0 spiro atoms. The Morgan fingerprint density at radius 2 is 1.72 bits per heavy atom. The van der Waals surface area contributed by atoms with Crippen molar-refractivity contribution in [1.82, 2.24) is 45.4 Å². The zero-order valence-corrected chi connectivity index (χ0v) is 29.3. The van der Waals surface area contributed by atoms with E-state index in [0.717, 1.165) is 23.3 Å². The fraction of sp³-hybridized carbons (Fsp3) is 0.371. The van der Waals surface area contributed by atoms with Gasteiger partial charge in [0.1, 0.15) is 29.8 Å². The lowest BCUT2D eigenvalue weighted by atomic mass is 10.0. The molecule has 0 saturated carbocycles. The van der Waals surface area contributed by atoms with E-state index in [1.165, 1.54) is 13.8 Å². The first kappa shape index (κ1) is 36.7. The Kier molecular flexibility index (Phi) is 10.1. The summed E-state index contributed by atoms with van der Waals surface area (Å²) in [6, 6.07) is 7.88. The van der Waals surface area contributed by atoms with Gasteiger partial charge in [-0.3, -0.25) is 19.2 Å². The van der Waals surface area contributed by atoms with E-state index >= 15 is 0 Å². The number of rotatable bonds is 4. The van der Waals surface area contributed by atoms with E-state index < -0.39 is 65.9 Å². The third-order valence-electron chi connectivity index (χ3n) is 8.44. The zero-order valence-electron chi connectivity index (χ0n) is 29.3. The third kappa shape index (κ3) is 8.05. The first-order chi connectivity index (χ1) is 25.1. The summed E-state index contributed by atoms with van der Waals surface area (Å²) in [5, 5.41) is 12.4. The molecule has 278 valence electrons. The minimum atomic E-state index is -4.82. The first-order valence-electron chi connectivity index (χ1n) is 16.7. The van der Waals surface area contributed by atoms with Gasteiger partial charge >= 0.3 is 6.18 Å². The number of hydrogen-bond donors (Lipinski definition) is 3. The van der Waals surface area contributed by atoms with Crippen LogP contribution in [0.15, 0.2) is 57.6 Å². The van der Waals surface area contributed by atoms with Crippen LogP contribution in [0.4, 0.5) is 13.2 Å². The van der Waals surface area contributed by atoms with Gasteiger partial charge in [-0.1, -0.05) is 44.2 Å². The maximum Gasteiger partial charge on any atom is 0.433 e. The van der Waals surface area contributed by atoms with Crippen molar-refractivity contribution < 1.29 is 41.2 Å². The van der Waals surface area contributed by atoms with Gasteiger partial charge in [-0.15, -0.1) is 0 Å². The van der Waals surface area contributed by atoms with Crippen LogP contribution in [0.3, 0.4) is 0 Å². The number of carbonyl (C=O) groups excluding carboxylic acids is 4. The highest BCUT2D eigenvalue weighted by Crippen LogP contribution is 2.30. The molecular weight excluding hydrogens is 699 g/mol. The van der Waals surface area contributed by atoms with Crippen molar-refractivity contribution in [3.8, 4) is 0 Å². The van der Waals surface area contributed by atoms with Crippen molar-refractivity contribution in [2.75, 3.05) is 13.1 Å². The fourth-order valence-corrected chi connectivity index (χ4v) is 5.96. The predicted molar refractivity (Wildman–Crippen MR) is 179 cm³/mol. The van der Waals surface area contributed by atoms with E-state index in [9.17, 15) is 32.3 Å². The maximum absolute atomic E-state index is 14.3. The second-order valence-corrected chi connectivity index (χ2v) is 13.2. The molecule has 6 rings (SSSR count). The SMILES string of the molecule is Cc1cc(C(F)(F)F)n2nc(C(=O)N3CC(=O)N[C@H](CC(C)C)c4nc(co4)C(=O)N[C@@H](C)c4nc(c(C)o4)C(=O)N[C@@H](c4ccccc4)C3)cc2n1. The zero-order chi connectivity index (χ0) is 38.2. The van der Waals surface area contributed by atoms with Crippen molar-refractivity contribution in [3.63, 3.8) is 0 Å². The average molecular weight is 736 g/mol. The molecule has 53 heavy (non-hydrogen) atoms. The number of nitrogens with one attached hydrogen (secondary N) is 3. The number of fused-ring (bicyclic) bond motifs is 5. The Morgan fingerprint density at radius 3 is 2.42 bits per heavy atom. The van der Waals surface area contributed by atoms with Crippen molar-refractivity contribution >= 4 is 29.3 Å². The molecule has 4 amide bonds. The largest absolute Gasteiger partial charge is 0.446 e. The first-order valence-corrected chi connectivity index (χ1v) is 16.7. The molecule has 0 unspecified atom stereocenters. The Labute approximate surface area is 300 Å². The summed E-state index contributed by atoms with van der Waals surface area (Å²) >= 11 is 0. The molecule has 3 N–H and O–H groups in total. The molecule has 5 heterocycles. The van der Waals surface area contributed by atoms with Gasteiger partial charge in [-0.25, -0.2) is 19.5 Å². The smallest absolute Gasteiger partial charge is 0.433 e. The van der Waals surface area contributed by atoms with E-state index in [-0.39, 0.29) is 52.7 Å². The van der Waals surface area contributed by atoms with Crippen LogP contribution in [-0.4, -0.2) is 66.2 Å². The number of aryl methyl sites for hydroxylation is 2. The van der Waals surface area contributed by atoms with E-state index in [0.29, 0.717) is 16.5 Å². The van der Waals surface area contributed by atoms with Crippen LogP contribution in [0.25, 0.3) is 5.65 Å². The molecule has 0 radical (unpaired) electrons. The highest BCUT2D eigenvalue weighted by atomic mass is 19.4. The molecule has 15 nitrogen and oxygen atoms in total. The Balaban J connectivity index is 1.45. The van der Waals surface area contributed by atoms with Crippen LogP contribution in [0, 0.1) is 19.8 Å². The van der Waals surface area contributed by atoms with Crippen molar-refractivity contribution in [2.24, 2.45) is 5.92 Å². The summed E-state index contributed by atoms with van der Waals surface area (Å²) in [5.74, 6) is -2.69. The van der Waals surface area contributed by atoms with Gasteiger partial charge in [0.15, 0.2) is 22.7 Å². The second kappa shape index (κ2) is 14.5. The van der Waals surface area contributed by atoms with E-state index in [4.69, 9.17) is 8.83 Å². The summed E-state index contributed by atoms with van der Waals surface area (Å²) in [6.45, 7) is 7.36. The van der Waals surface area contributed by atoms with Gasteiger partial charge < -0.3 is 29.7 Å². The molecule has 0 aliphatic carbocycles. The van der Waals surface area contributed by atoms with Gasteiger partial charge in [0.25, 0.3) is 17.7 Å². The number of oxazole rings is 2. The third-order valence-corrected chi connectivity index (χ3v) is 8.44. The summed E-state index contributed by atoms with van der Waals surface area (Å²) in [5.41, 5.74) is -1.39. The highest BCUT2D eigenvalue weighted by molar-refractivity contribution is 5.96. The monoisotopic (exact) mass is 735 g/mol. The van der Waals surface area contributed by atoms with Crippen LogP contribution in [0.2, 0.25) is 0 Å². The van der Waals surface area contributed by atoms with Crippen LogP contribution in [-0.2, 0) is 11.0 Å². The van der Waals surface area contributed by atoms with Crippen LogP contribution in [0.1, 0.15) is 111 Å². The molecular formula is C35H36F3N9O6. The summed E-state index contributed by atoms with van der Waals surface area (Å²) < 4.78 is 53.9. The highest BCUT2D eigenvalue weighted by Gasteiger charge is 2.36. The lowest BCUT2D eigenvalue weighted by Crippen LogP contribution is -2.46. The number of hydrogen-bond acceptors (Lipinski definition) is 10. The summed E-state index contributed by atoms with van der Waals surface area (Å²) in [4.78, 5) is 68.9. The minimum absolute atomic E-state index is 0.0111. The number of nitrogens with zero attached hydrogens (tertiary/aromatic N) is 6. The van der Waals surface area contributed by atoms with E-state index in [1.807, 2.05) is 13.8 Å². The maximum atomic E-state index is 14.3. The Bertz CT molecular complexity index is 2180. The molecule has 4 bridgehead atoms. The summed E-state index contributed by atoms with van der Waals surface area (Å²) in [7, 11) is 0. The average Bonchev–Trinajstić information content (AvgIpc) is 3.85. The van der Waals surface area contributed by atoms with Crippen LogP contribution >= 0.6 is 0 Å². The number of halogens is 3. The molecule has 5 aromatic rings. The molecule has 4 aromatic heterocycles. The van der Waals surface area contributed by atoms with Gasteiger partial charge in [0.2, 0.25) is 17.7 Å². The quantitative estimate of drug-likeness (QED) is 0.234. The summed E-state index contributed by atoms with van der Waals surface area (Å²) in [6.07, 6.45) is -3.35. The Hall–Kier alpha value is -6.07. The van der Waals surface area contributed by atoms with E-state index in [2.05, 4.69) is 36.0 Å². The molecule has 0 saturated heterocycles. The fourth-order valence-electron chi connectivity index (χ4n) is 5.96. The minimum Gasteiger partial charge on any atom is -0.446 e. The molecule has 3 atom stereocenters. The van der Waals surface area contributed by atoms with Gasteiger partial charge in [0.05, 0.1) is 12.6 Å². The number of aromatic nitrogens is 5. The molecule has 1 aliphatic rings. The van der Waals surface area contributed by atoms with Gasteiger partial charge in [-0.2, -0.15) is 18.3 Å². The topological polar surface area (TPSA) is 190 Å².